The first-order chi connectivity index (χ1) is 9.52. The molecule has 2 aromatic rings. The Morgan fingerprint density at radius 2 is 2.05 bits per heavy atom. The van der Waals surface area contributed by atoms with E-state index in [2.05, 4.69) is 27.9 Å². The van der Waals surface area contributed by atoms with Crippen LogP contribution in [0.4, 0.5) is 15.8 Å². The van der Waals surface area contributed by atoms with Crippen molar-refractivity contribution in [1.29, 1.82) is 0 Å². The predicted octanol–water partition coefficient (Wildman–Crippen LogP) is 4.53. The maximum Gasteiger partial charge on any atom is 0.124 e. The van der Waals surface area contributed by atoms with Gasteiger partial charge in [0.15, 0.2) is 0 Å². The molecule has 0 saturated heterocycles. The van der Waals surface area contributed by atoms with E-state index in [4.69, 9.17) is 18.0 Å². The summed E-state index contributed by atoms with van der Waals surface area (Å²) in [6.07, 6.45) is 1.97. The first kappa shape index (κ1) is 15.5. The Kier molecular flexibility index (Phi) is 5.22. The summed E-state index contributed by atoms with van der Waals surface area (Å²) in [5.41, 5.74) is 8.29. The zero-order chi connectivity index (χ0) is 14.7. The van der Waals surface area contributed by atoms with Crippen LogP contribution in [0.15, 0.2) is 41.3 Å². The van der Waals surface area contributed by atoms with Gasteiger partial charge in [-0.25, -0.2) is 4.39 Å². The number of rotatable bonds is 4. The van der Waals surface area contributed by atoms with Crippen LogP contribution < -0.4 is 11.1 Å². The molecule has 0 aliphatic heterocycles. The molecule has 2 aromatic carbocycles. The number of hydrogen-bond acceptors (Lipinski definition) is 3. The van der Waals surface area contributed by atoms with E-state index in [1.807, 2.05) is 24.5 Å². The molecule has 0 radical (unpaired) electrons. The van der Waals surface area contributed by atoms with Gasteiger partial charge >= 0.3 is 0 Å². The summed E-state index contributed by atoms with van der Waals surface area (Å²) in [6, 6.07) is 10.4. The quantitative estimate of drug-likeness (QED) is 0.435. The lowest BCUT2D eigenvalue weighted by atomic mass is 10.1. The van der Waals surface area contributed by atoms with E-state index in [-0.39, 0.29) is 5.82 Å². The molecule has 0 spiro atoms. The third kappa shape index (κ3) is 3.42. The molecule has 2 rings (SSSR count). The monoisotopic (exact) mass is 418 g/mol. The van der Waals surface area contributed by atoms with Crippen LogP contribution in [0.2, 0.25) is 0 Å². The first-order valence-corrected chi connectivity index (χ1v) is 8.43. The SMILES string of the molecule is CSc1cccc(Nc2ccc(F)cc2I)c1C(N)=S. The molecule has 0 heterocycles. The van der Waals surface area contributed by atoms with E-state index >= 15 is 0 Å². The maximum atomic E-state index is 13.1. The normalized spacial score (nSPS) is 10.3. The number of anilines is 2. The van der Waals surface area contributed by atoms with Crippen LogP contribution in [0.25, 0.3) is 0 Å². The Labute approximate surface area is 140 Å². The molecule has 0 amide bonds. The summed E-state index contributed by atoms with van der Waals surface area (Å²) < 4.78 is 13.9. The minimum absolute atomic E-state index is 0.257. The van der Waals surface area contributed by atoms with Crippen molar-refractivity contribution in [1.82, 2.24) is 0 Å². The van der Waals surface area contributed by atoms with Gasteiger partial charge in [-0.3, -0.25) is 0 Å². The standard InChI is InChI=1S/C14H12FIN2S2/c1-20-12-4-2-3-11(13(12)14(17)19)18-10-6-5-8(15)7-9(10)16/h2-7,18H,1H3,(H2,17,19). The van der Waals surface area contributed by atoms with Crippen LogP contribution in [-0.4, -0.2) is 11.2 Å². The zero-order valence-corrected chi connectivity index (χ0v) is 14.4. The van der Waals surface area contributed by atoms with Crippen LogP contribution in [0.5, 0.6) is 0 Å². The molecule has 0 aliphatic carbocycles. The Bertz CT molecular complexity index is 662. The van der Waals surface area contributed by atoms with Crippen molar-refractivity contribution < 1.29 is 4.39 Å². The number of thiocarbonyl (C=S) groups is 1. The number of benzene rings is 2. The molecule has 0 saturated carbocycles. The second kappa shape index (κ2) is 6.73. The Morgan fingerprint density at radius 3 is 2.65 bits per heavy atom. The van der Waals surface area contributed by atoms with Crippen molar-refractivity contribution in [3.63, 3.8) is 0 Å². The van der Waals surface area contributed by atoms with Crippen molar-refractivity contribution in [3.8, 4) is 0 Å². The van der Waals surface area contributed by atoms with Crippen molar-refractivity contribution in [2.45, 2.75) is 4.90 Å². The van der Waals surface area contributed by atoms with Crippen LogP contribution in [-0.2, 0) is 0 Å². The maximum absolute atomic E-state index is 13.1. The highest BCUT2D eigenvalue weighted by Gasteiger charge is 2.12. The second-order valence-corrected chi connectivity index (χ2v) is 6.45. The molecular formula is C14H12FIN2S2. The van der Waals surface area contributed by atoms with Crippen molar-refractivity contribution in [3.05, 3.63) is 51.3 Å². The van der Waals surface area contributed by atoms with Crippen molar-refractivity contribution >= 4 is 62.9 Å². The number of nitrogens with one attached hydrogen (secondary N) is 1. The van der Waals surface area contributed by atoms with E-state index in [0.717, 1.165) is 25.4 Å². The zero-order valence-electron chi connectivity index (χ0n) is 10.6. The average molecular weight is 418 g/mol. The minimum atomic E-state index is -0.257. The number of halogens is 2. The van der Waals surface area contributed by atoms with E-state index in [9.17, 15) is 4.39 Å². The van der Waals surface area contributed by atoms with Gasteiger partial charge in [0.2, 0.25) is 0 Å². The largest absolute Gasteiger partial charge is 0.389 e. The van der Waals surface area contributed by atoms with Gasteiger partial charge in [0.05, 0.1) is 5.69 Å². The Hall–Kier alpha value is -0.860. The molecule has 3 N–H and O–H groups in total. The topological polar surface area (TPSA) is 38.0 Å². The Balaban J connectivity index is 2.45. The predicted molar refractivity (Wildman–Crippen MR) is 96.5 cm³/mol. The summed E-state index contributed by atoms with van der Waals surface area (Å²) in [5, 5.41) is 3.27. The smallest absolute Gasteiger partial charge is 0.124 e. The number of nitrogens with two attached hydrogens (primary N) is 1. The highest BCUT2D eigenvalue weighted by molar-refractivity contribution is 14.1. The van der Waals surface area contributed by atoms with Crippen molar-refractivity contribution in [2.75, 3.05) is 11.6 Å². The molecular weight excluding hydrogens is 406 g/mol. The molecule has 0 unspecified atom stereocenters. The molecule has 0 atom stereocenters. The molecule has 2 nitrogen and oxygen atoms in total. The molecule has 104 valence electrons. The molecule has 0 aromatic heterocycles. The molecule has 0 aliphatic rings. The number of hydrogen-bond donors (Lipinski definition) is 2. The number of thioether (sulfide) groups is 1. The minimum Gasteiger partial charge on any atom is -0.389 e. The van der Waals surface area contributed by atoms with E-state index in [0.29, 0.717) is 4.99 Å². The highest BCUT2D eigenvalue weighted by Crippen LogP contribution is 2.31. The fraction of sp³-hybridized carbons (Fsp3) is 0.0714. The van der Waals surface area contributed by atoms with Gasteiger partial charge in [0.25, 0.3) is 0 Å². The fourth-order valence-corrected chi connectivity index (χ4v) is 3.33. The third-order valence-electron chi connectivity index (χ3n) is 2.69. The first-order valence-electron chi connectivity index (χ1n) is 5.72. The van der Waals surface area contributed by atoms with Crippen LogP contribution >= 0.6 is 46.6 Å². The van der Waals surface area contributed by atoms with Crippen LogP contribution in [0, 0.1) is 9.39 Å². The van der Waals surface area contributed by atoms with Crippen LogP contribution in [0.3, 0.4) is 0 Å². The summed E-state index contributed by atoms with van der Waals surface area (Å²) >= 11 is 8.81. The lowest BCUT2D eigenvalue weighted by molar-refractivity contribution is 0.627. The van der Waals surface area contributed by atoms with E-state index in [1.165, 1.54) is 12.1 Å². The summed E-state index contributed by atoms with van der Waals surface area (Å²) in [4.78, 5) is 1.36. The average Bonchev–Trinajstić information content (AvgIpc) is 2.41. The van der Waals surface area contributed by atoms with Gasteiger partial charge in [-0.2, -0.15) is 0 Å². The molecule has 0 fully saturated rings. The second-order valence-electron chi connectivity index (χ2n) is 4.00. The van der Waals surface area contributed by atoms with Gasteiger partial charge in [-0.05, 0) is 59.2 Å². The van der Waals surface area contributed by atoms with E-state index in [1.54, 1.807) is 17.8 Å². The lowest BCUT2D eigenvalue weighted by Crippen LogP contribution is -2.13. The molecule has 20 heavy (non-hydrogen) atoms. The van der Waals surface area contributed by atoms with Gasteiger partial charge in [-0.1, -0.05) is 18.3 Å². The highest BCUT2D eigenvalue weighted by atomic mass is 127. The van der Waals surface area contributed by atoms with Gasteiger partial charge in [0.1, 0.15) is 10.8 Å². The third-order valence-corrected chi connectivity index (χ3v) is 4.57. The Morgan fingerprint density at radius 1 is 1.30 bits per heavy atom. The molecule has 6 heteroatoms. The van der Waals surface area contributed by atoms with Crippen molar-refractivity contribution in [2.24, 2.45) is 5.73 Å². The molecule has 0 bridgehead atoms. The van der Waals surface area contributed by atoms with Gasteiger partial charge in [0, 0.05) is 19.7 Å². The van der Waals surface area contributed by atoms with Gasteiger partial charge in [-0.15, -0.1) is 11.8 Å². The fourth-order valence-electron chi connectivity index (χ4n) is 1.80. The summed E-state index contributed by atoms with van der Waals surface area (Å²) in [5.74, 6) is -0.257. The van der Waals surface area contributed by atoms with Crippen LogP contribution in [0.1, 0.15) is 5.56 Å². The lowest BCUT2D eigenvalue weighted by Gasteiger charge is -2.15. The van der Waals surface area contributed by atoms with Gasteiger partial charge < -0.3 is 11.1 Å². The van der Waals surface area contributed by atoms with E-state index < -0.39 is 0 Å². The summed E-state index contributed by atoms with van der Waals surface area (Å²) in [6.45, 7) is 0. The summed E-state index contributed by atoms with van der Waals surface area (Å²) in [7, 11) is 0.